The van der Waals surface area contributed by atoms with Crippen molar-refractivity contribution in [1.29, 1.82) is 0 Å². The van der Waals surface area contributed by atoms with Crippen molar-refractivity contribution in [2.24, 2.45) is 11.5 Å². The molecule has 1 aromatic heterocycles. The van der Waals surface area contributed by atoms with Gasteiger partial charge in [0.1, 0.15) is 0 Å². The van der Waals surface area contributed by atoms with Crippen molar-refractivity contribution in [3.63, 3.8) is 0 Å². The summed E-state index contributed by atoms with van der Waals surface area (Å²) < 4.78 is 50.9. The van der Waals surface area contributed by atoms with Gasteiger partial charge in [0.25, 0.3) is 0 Å². The molecule has 0 spiro atoms. The lowest BCUT2D eigenvalue weighted by atomic mass is 9.79. The molecule has 3 nitrogen and oxygen atoms in total. The summed E-state index contributed by atoms with van der Waals surface area (Å²) in [5, 5.41) is 0. The molecule has 0 saturated heterocycles. The lowest BCUT2D eigenvalue weighted by Gasteiger charge is -2.34. The average Bonchev–Trinajstić information content (AvgIpc) is 2.46. The van der Waals surface area contributed by atoms with Crippen molar-refractivity contribution in [2.75, 3.05) is 0 Å². The molecule has 1 heterocycles. The Morgan fingerprint density at radius 2 is 1.45 bits per heavy atom. The van der Waals surface area contributed by atoms with E-state index in [-0.39, 0.29) is 0 Å². The Morgan fingerprint density at radius 3 is 1.86 bits per heavy atom. The van der Waals surface area contributed by atoms with Crippen LogP contribution in [0.5, 0.6) is 0 Å². The van der Waals surface area contributed by atoms with Crippen molar-refractivity contribution in [2.45, 2.75) is 24.7 Å². The van der Waals surface area contributed by atoms with Gasteiger partial charge in [0.05, 0.1) is 11.1 Å². The minimum atomic E-state index is -4.43. The molecule has 0 bridgehead atoms. The predicted octanol–water partition coefficient (Wildman–Crippen LogP) is 2.79. The van der Waals surface area contributed by atoms with Crippen LogP contribution >= 0.6 is 0 Å². The molecule has 4 N–H and O–H groups in total. The maximum Gasteiger partial charge on any atom is 0.416 e. The first-order valence-electron chi connectivity index (χ1n) is 6.50. The molecule has 0 aliphatic rings. The highest BCUT2D eigenvalue weighted by atomic mass is 19.4. The predicted molar refractivity (Wildman–Crippen MR) is 74.3 cm³/mol. The molecule has 7 heteroatoms. The summed E-state index contributed by atoms with van der Waals surface area (Å²) in [6.07, 6.45) is -3.20. The summed E-state index contributed by atoms with van der Waals surface area (Å²) in [5.41, 5.74) is 11.0. The van der Waals surface area contributed by atoms with Gasteiger partial charge in [-0.1, -0.05) is 18.2 Å². The molecule has 2 rings (SSSR count). The van der Waals surface area contributed by atoms with E-state index in [4.69, 9.17) is 11.5 Å². The summed E-state index contributed by atoms with van der Waals surface area (Å²) in [5.74, 6) is -0.678. The van der Waals surface area contributed by atoms with Crippen LogP contribution in [0.1, 0.15) is 23.6 Å². The molecule has 0 saturated carbocycles. The van der Waals surface area contributed by atoms with Gasteiger partial charge in [-0.25, -0.2) is 4.98 Å². The molecular formula is C15H15F4N3. The molecule has 22 heavy (non-hydrogen) atoms. The van der Waals surface area contributed by atoms with E-state index in [0.717, 1.165) is 18.2 Å². The van der Waals surface area contributed by atoms with E-state index in [1.165, 1.54) is 24.4 Å². The zero-order chi connectivity index (χ0) is 16.5. The summed E-state index contributed by atoms with van der Waals surface area (Å²) in [6.45, 7) is 1.63. The normalized spacial score (nSPS) is 16.1. The number of aromatic nitrogens is 1. The Bertz CT molecular complexity index is 635. The first kappa shape index (κ1) is 16.4. The number of rotatable bonds is 3. The molecule has 0 aliphatic heterocycles. The highest BCUT2D eigenvalue weighted by Crippen LogP contribution is 2.33. The van der Waals surface area contributed by atoms with Gasteiger partial charge in [-0.05, 0) is 36.2 Å². The number of nitrogens with two attached hydrogens (primary N) is 2. The fourth-order valence-electron chi connectivity index (χ4n) is 2.25. The van der Waals surface area contributed by atoms with Gasteiger partial charge in [0.2, 0.25) is 5.95 Å². The Hall–Kier alpha value is -1.99. The molecular weight excluding hydrogens is 298 g/mol. The summed E-state index contributed by atoms with van der Waals surface area (Å²) in [7, 11) is 0. The second-order valence-corrected chi connectivity index (χ2v) is 5.10. The fraction of sp³-hybridized carbons (Fsp3) is 0.267. The molecule has 2 aromatic rings. The highest BCUT2D eigenvalue weighted by Gasteiger charge is 2.36. The largest absolute Gasteiger partial charge is 0.416 e. The first-order valence-corrected chi connectivity index (χ1v) is 6.50. The monoisotopic (exact) mass is 313 g/mol. The Kier molecular flexibility index (Phi) is 4.21. The van der Waals surface area contributed by atoms with Crippen molar-refractivity contribution >= 4 is 0 Å². The van der Waals surface area contributed by atoms with Gasteiger partial charge < -0.3 is 11.5 Å². The summed E-state index contributed by atoms with van der Waals surface area (Å²) >= 11 is 0. The van der Waals surface area contributed by atoms with Crippen molar-refractivity contribution in [3.8, 4) is 0 Å². The third-order valence-electron chi connectivity index (χ3n) is 3.61. The van der Waals surface area contributed by atoms with E-state index in [0.29, 0.717) is 11.1 Å². The molecule has 0 amide bonds. The van der Waals surface area contributed by atoms with Crippen LogP contribution < -0.4 is 11.5 Å². The number of pyridine rings is 1. The molecule has 2 unspecified atom stereocenters. The topological polar surface area (TPSA) is 64.9 Å². The third kappa shape index (κ3) is 2.95. The second kappa shape index (κ2) is 5.66. The van der Waals surface area contributed by atoms with Gasteiger partial charge in [-0.2, -0.15) is 17.6 Å². The minimum Gasteiger partial charge on any atom is -0.326 e. The Balaban J connectivity index is 2.50. The van der Waals surface area contributed by atoms with Crippen LogP contribution in [-0.4, -0.2) is 11.0 Å². The zero-order valence-electron chi connectivity index (χ0n) is 11.7. The van der Waals surface area contributed by atoms with Gasteiger partial charge in [-0.15, -0.1) is 0 Å². The lowest BCUT2D eigenvalue weighted by molar-refractivity contribution is -0.137. The number of benzene rings is 1. The highest BCUT2D eigenvalue weighted by molar-refractivity contribution is 5.40. The minimum absolute atomic E-state index is 0.393. The van der Waals surface area contributed by atoms with E-state index < -0.39 is 29.3 Å². The third-order valence-corrected chi connectivity index (χ3v) is 3.61. The smallest absolute Gasteiger partial charge is 0.326 e. The maximum absolute atomic E-state index is 13.0. The van der Waals surface area contributed by atoms with Crippen LogP contribution in [0.2, 0.25) is 0 Å². The second-order valence-electron chi connectivity index (χ2n) is 5.10. The molecule has 0 fully saturated rings. The van der Waals surface area contributed by atoms with Crippen LogP contribution in [0.4, 0.5) is 17.6 Å². The van der Waals surface area contributed by atoms with Crippen LogP contribution in [0.15, 0.2) is 42.6 Å². The van der Waals surface area contributed by atoms with Gasteiger partial charge >= 0.3 is 6.18 Å². The van der Waals surface area contributed by atoms with E-state index in [9.17, 15) is 17.6 Å². The van der Waals surface area contributed by atoms with Crippen molar-refractivity contribution in [3.05, 3.63) is 65.2 Å². The van der Waals surface area contributed by atoms with Gasteiger partial charge in [0, 0.05) is 12.2 Å². The van der Waals surface area contributed by atoms with E-state index in [1.54, 1.807) is 6.92 Å². The fourth-order valence-corrected chi connectivity index (χ4v) is 2.25. The molecule has 118 valence electrons. The van der Waals surface area contributed by atoms with E-state index >= 15 is 0 Å². The number of nitrogens with zero attached hydrogens (tertiary/aromatic N) is 1. The van der Waals surface area contributed by atoms with Gasteiger partial charge in [-0.3, -0.25) is 0 Å². The number of hydrogen-bond acceptors (Lipinski definition) is 3. The van der Waals surface area contributed by atoms with Crippen LogP contribution in [-0.2, 0) is 11.7 Å². The quantitative estimate of drug-likeness (QED) is 0.676. The van der Waals surface area contributed by atoms with Crippen molar-refractivity contribution in [1.82, 2.24) is 4.98 Å². The Labute approximate surface area is 125 Å². The van der Waals surface area contributed by atoms with Gasteiger partial charge in [0.15, 0.2) is 0 Å². The summed E-state index contributed by atoms with van der Waals surface area (Å²) in [4.78, 5) is 3.53. The standard InChI is InChI=1S/C15H15F4N3/c1-9(20)14(21,12-6-7-13(16)22-8-12)10-2-4-11(5-3-10)15(17,18)19/h2-9H,20-21H2,1H3. The van der Waals surface area contributed by atoms with Crippen LogP contribution in [0.25, 0.3) is 0 Å². The lowest BCUT2D eigenvalue weighted by Crippen LogP contribution is -2.51. The SMILES string of the molecule is CC(N)C(N)(c1ccc(C(F)(F)F)cc1)c1ccc(F)nc1. The summed E-state index contributed by atoms with van der Waals surface area (Å²) in [6, 6.07) is 6.35. The van der Waals surface area contributed by atoms with E-state index in [1.807, 2.05) is 0 Å². The van der Waals surface area contributed by atoms with E-state index in [2.05, 4.69) is 4.98 Å². The molecule has 0 radical (unpaired) electrons. The number of hydrogen-bond donors (Lipinski definition) is 2. The average molecular weight is 313 g/mol. The first-order chi connectivity index (χ1) is 10.2. The molecule has 0 aliphatic carbocycles. The zero-order valence-corrected chi connectivity index (χ0v) is 11.7. The number of alkyl halides is 3. The maximum atomic E-state index is 13.0. The number of halogens is 4. The van der Waals surface area contributed by atoms with Crippen LogP contribution in [0, 0.1) is 5.95 Å². The van der Waals surface area contributed by atoms with Crippen molar-refractivity contribution < 1.29 is 17.6 Å². The molecule has 1 aromatic carbocycles. The Morgan fingerprint density at radius 1 is 0.955 bits per heavy atom. The molecule has 2 atom stereocenters. The van der Waals surface area contributed by atoms with Crippen LogP contribution in [0.3, 0.4) is 0 Å².